The maximum Gasteiger partial charge on any atom is 0.287 e. The molecule has 0 aliphatic rings. The lowest BCUT2D eigenvalue weighted by Gasteiger charge is -2.08. The number of H-pyrrole nitrogens is 1. The van der Waals surface area contributed by atoms with E-state index in [9.17, 15) is 4.79 Å². The molecule has 0 saturated heterocycles. The highest BCUT2D eigenvalue weighted by molar-refractivity contribution is 6.32. The SMILES string of the molecule is COCCn1ncc(NCc2ncn[nH]2)c(Cl)c1=O. The summed E-state index contributed by atoms with van der Waals surface area (Å²) in [6.45, 7) is 1.13. The van der Waals surface area contributed by atoms with Crippen molar-refractivity contribution in [2.24, 2.45) is 0 Å². The molecule has 8 nitrogen and oxygen atoms in total. The zero-order valence-electron chi connectivity index (χ0n) is 10.3. The third-order valence-corrected chi connectivity index (χ3v) is 2.77. The number of aromatic nitrogens is 5. The van der Waals surface area contributed by atoms with Gasteiger partial charge in [0.05, 0.1) is 31.6 Å². The van der Waals surface area contributed by atoms with Gasteiger partial charge in [-0.3, -0.25) is 9.89 Å². The maximum atomic E-state index is 11.9. The summed E-state index contributed by atoms with van der Waals surface area (Å²) < 4.78 is 6.14. The van der Waals surface area contributed by atoms with Crippen molar-refractivity contribution in [3.8, 4) is 0 Å². The first kappa shape index (κ1) is 13.5. The second kappa shape index (κ2) is 6.30. The van der Waals surface area contributed by atoms with E-state index in [1.807, 2.05) is 0 Å². The van der Waals surface area contributed by atoms with E-state index in [0.717, 1.165) is 0 Å². The quantitative estimate of drug-likeness (QED) is 0.790. The van der Waals surface area contributed by atoms with Crippen molar-refractivity contribution in [1.29, 1.82) is 0 Å². The molecule has 2 aromatic rings. The van der Waals surface area contributed by atoms with Crippen LogP contribution in [-0.4, -0.2) is 38.7 Å². The Morgan fingerprint density at radius 3 is 3.11 bits per heavy atom. The predicted molar refractivity (Wildman–Crippen MR) is 69.1 cm³/mol. The first-order valence-corrected chi connectivity index (χ1v) is 5.93. The van der Waals surface area contributed by atoms with E-state index in [4.69, 9.17) is 16.3 Å². The van der Waals surface area contributed by atoms with E-state index in [1.165, 1.54) is 17.2 Å². The van der Waals surface area contributed by atoms with Gasteiger partial charge in [0.1, 0.15) is 17.2 Å². The molecule has 0 fully saturated rings. The Balaban J connectivity index is 2.09. The maximum absolute atomic E-state index is 11.9. The molecular weight excluding hydrogens is 272 g/mol. The van der Waals surface area contributed by atoms with E-state index in [1.54, 1.807) is 7.11 Å². The molecule has 0 aliphatic carbocycles. The van der Waals surface area contributed by atoms with Gasteiger partial charge in [0.2, 0.25) is 0 Å². The molecule has 0 spiro atoms. The molecule has 2 N–H and O–H groups in total. The summed E-state index contributed by atoms with van der Waals surface area (Å²) in [5, 5.41) is 13.5. The molecular formula is C10H13ClN6O2. The smallest absolute Gasteiger partial charge is 0.287 e. The van der Waals surface area contributed by atoms with E-state index in [0.29, 0.717) is 31.2 Å². The Labute approximate surface area is 113 Å². The van der Waals surface area contributed by atoms with Crippen molar-refractivity contribution in [1.82, 2.24) is 25.0 Å². The van der Waals surface area contributed by atoms with Gasteiger partial charge in [-0.2, -0.15) is 10.2 Å². The molecule has 2 aromatic heterocycles. The van der Waals surface area contributed by atoms with Crippen LogP contribution in [0.1, 0.15) is 5.82 Å². The third kappa shape index (κ3) is 3.30. The summed E-state index contributed by atoms with van der Waals surface area (Å²) in [5.41, 5.74) is 0.0954. The van der Waals surface area contributed by atoms with Gasteiger partial charge in [-0.05, 0) is 0 Å². The largest absolute Gasteiger partial charge is 0.383 e. The normalized spacial score (nSPS) is 10.6. The summed E-state index contributed by atoms with van der Waals surface area (Å²) in [7, 11) is 1.56. The minimum atomic E-state index is -0.360. The zero-order chi connectivity index (χ0) is 13.7. The van der Waals surface area contributed by atoms with E-state index in [-0.39, 0.29) is 10.6 Å². The van der Waals surface area contributed by atoms with E-state index in [2.05, 4.69) is 25.6 Å². The molecule has 102 valence electrons. The molecule has 0 atom stereocenters. The van der Waals surface area contributed by atoms with Crippen LogP contribution in [0.3, 0.4) is 0 Å². The lowest BCUT2D eigenvalue weighted by Crippen LogP contribution is -2.26. The number of methoxy groups -OCH3 is 1. The Morgan fingerprint density at radius 1 is 1.58 bits per heavy atom. The molecule has 0 radical (unpaired) electrons. The Morgan fingerprint density at radius 2 is 2.42 bits per heavy atom. The monoisotopic (exact) mass is 284 g/mol. The van der Waals surface area contributed by atoms with Crippen molar-refractivity contribution in [2.75, 3.05) is 19.0 Å². The van der Waals surface area contributed by atoms with Crippen molar-refractivity contribution in [2.45, 2.75) is 13.1 Å². The molecule has 9 heteroatoms. The number of ether oxygens (including phenoxy) is 1. The lowest BCUT2D eigenvalue weighted by molar-refractivity contribution is 0.182. The summed E-state index contributed by atoms with van der Waals surface area (Å²) in [6, 6.07) is 0. The van der Waals surface area contributed by atoms with E-state index >= 15 is 0 Å². The number of hydrogen-bond donors (Lipinski definition) is 2. The van der Waals surface area contributed by atoms with Crippen LogP contribution in [0.2, 0.25) is 5.02 Å². The summed E-state index contributed by atoms with van der Waals surface area (Å²) in [5.74, 6) is 0.639. The van der Waals surface area contributed by atoms with Crippen LogP contribution >= 0.6 is 11.6 Å². The van der Waals surface area contributed by atoms with Gasteiger partial charge in [0.25, 0.3) is 5.56 Å². The second-order valence-corrected chi connectivity index (χ2v) is 4.06. The second-order valence-electron chi connectivity index (χ2n) is 3.68. The number of nitrogens with one attached hydrogen (secondary N) is 2. The molecule has 0 bridgehead atoms. The summed E-state index contributed by atoms with van der Waals surface area (Å²) >= 11 is 5.99. The Bertz CT molecular complexity index is 582. The molecule has 0 aliphatic heterocycles. The number of aromatic amines is 1. The Kier molecular flexibility index (Phi) is 4.48. The summed E-state index contributed by atoms with van der Waals surface area (Å²) in [6.07, 6.45) is 2.90. The number of anilines is 1. The minimum Gasteiger partial charge on any atom is -0.383 e. The number of nitrogens with zero attached hydrogens (tertiary/aromatic N) is 4. The molecule has 19 heavy (non-hydrogen) atoms. The predicted octanol–water partition coefficient (Wildman–Crippen LogP) is 0.273. The number of rotatable bonds is 6. The van der Waals surface area contributed by atoms with Gasteiger partial charge < -0.3 is 10.1 Å². The van der Waals surface area contributed by atoms with Crippen molar-refractivity contribution < 1.29 is 4.74 Å². The number of hydrogen-bond acceptors (Lipinski definition) is 6. The van der Waals surface area contributed by atoms with Gasteiger partial charge in [0.15, 0.2) is 0 Å². The fourth-order valence-electron chi connectivity index (χ4n) is 1.42. The first-order chi connectivity index (χ1) is 9.22. The molecule has 2 heterocycles. The molecule has 0 amide bonds. The Hall–Kier alpha value is -1.93. The number of halogens is 1. The van der Waals surface area contributed by atoms with Crippen LogP contribution in [0.15, 0.2) is 17.3 Å². The third-order valence-electron chi connectivity index (χ3n) is 2.40. The first-order valence-electron chi connectivity index (χ1n) is 5.55. The fourth-order valence-corrected chi connectivity index (χ4v) is 1.63. The molecule has 0 aromatic carbocycles. The van der Waals surface area contributed by atoms with Gasteiger partial charge in [-0.15, -0.1) is 0 Å². The average molecular weight is 285 g/mol. The van der Waals surface area contributed by atoms with Crippen molar-refractivity contribution in [3.63, 3.8) is 0 Å². The zero-order valence-corrected chi connectivity index (χ0v) is 11.0. The molecule has 0 saturated carbocycles. The average Bonchev–Trinajstić information content (AvgIpc) is 2.92. The lowest BCUT2D eigenvalue weighted by atomic mass is 10.4. The van der Waals surface area contributed by atoms with Crippen LogP contribution < -0.4 is 10.9 Å². The molecule has 2 rings (SSSR count). The van der Waals surface area contributed by atoms with Crippen molar-refractivity contribution in [3.05, 3.63) is 33.7 Å². The van der Waals surface area contributed by atoms with Crippen LogP contribution in [0.25, 0.3) is 0 Å². The molecule has 0 unspecified atom stereocenters. The standard InChI is InChI=1S/C10H13ClN6O2/c1-19-3-2-17-10(18)9(11)7(4-15-17)12-5-8-13-6-14-16-8/h4,6,12H,2-3,5H2,1H3,(H,13,14,16). The van der Waals surface area contributed by atoms with E-state index < -0.39 is 0 Å². The fraction of sp³-hybridized carbons (Fsp3) is 0.400. The van der Waals surface area contributed by atoms with Gasteiger partial charge >= 0.3 is 0 Å². The van der Waals surface area contributed by atoms with Crippen LogP contribution in [0.4, 0.5) is 5.69 Å². The van der Waals surface area contributed by atoms with Gasteiger partial charge in [-0.1, -0.05) is 11.6 Å². The highest BCUT2D eigenvalue weighted by Gasteiger charge is 2.09. The highest BCUT2D eigenvalue weighted by atomic mass is 35.5. The van der Waals surface area contributed by atoms with Gasteiger partial charge in [0, 0.05) is 7.11 Å². The van der Waals surface area contributed by atoms with Crippen molar-refractivity contribution >= 4 is 17.3 Å². The van der Waals surface area contributed by atoms with Crippen LogP contribution in [0.5, 0.6) is 0 Å². The highest BCUT2D eigenvalue weighted by Crippen LogP contribution is 2.15. The topological polar surface area (TPSA) is 97.7 Å². The minimum absolute atomic E-state index is 0.0885. The summed E-state index contributed by atoms with van der Waals surface area (Å²) in [4.78, 5) is 15.8. The van der Waals surface area contributed by atoms with Crippen LogP contribution in [0, 0.1) is 0 Å². The van der Waals surface area contributed by atoms with Crippen LogP contribution in [-0.2, 0) is 17.8 Å². The van der Waals surface area contributed by atoms with Gasteiger partial charge in [-0.25, -0.2) is 9.67 Å².